The number of thioether (sulfide) groups is 1. The van der Waals surface area contributed by atoms with Crippen LogP contribution in [0.4, 0.5) is 15.8 Å². The number of anilines is 2. The fourth-order valence-corrected chi connectivity index (χ4v) is 2.19. The quantitative estimate of drug-likeness (QED) is 0.798. The molecule has 0 aliphatic heterocycles. The molecule has 0 bridgehead atoms. The van der Waals surface area contributed by atoms with Gasteiger partial charge in [-0.2, -0.15) is 11.8 Å². The molecule has 0 heterocycles. The van der Waals surface area contributed by atoms with E-state index in [2.05, 4.69) is 18.5 Å². The predicted octanol–water partition coefficient (Wildman–Crippen LogP) is 3.47. The molecular formula is C11H16ClFN2S. The third-order valence-electron chi connectivity index (χ3n) is 2.18. The maximum absolute atomic E-state index is 13.0. The van der Waals surface area contributed by atoms with Crippen LogP contribution in [-0.2, 0) is 0 Å². The zero-order valence-electron chi connectivity index (χ0n) is 9.39. The van der Waals surface area contributed by atoms with Crippen molar-refractivity contribution in [2.75, 3.05) is 29.6 Å². The van der Waals surface area contributed by atoms with E-state index < -0.39 is 5.82 Å². The van der Waals surface area contributed by atoms with Gasteiger partial charge in [0.15, 0.2) is 0 Å². The molecule has 0 aliphatic rings. The molecule has 0 saturated heterocycles. The first-order valence-electron chi connectivity index (χ1n) is 5.02. The van der Waals surface area contributed by atoms with E-state index >= 15 is 0 Å². The van der Waals surface area contributed by atoms with Crippen molar-refractivity contribution in [2.24, 2.45) is 5.92 Å². The van der Waals surface area contributed by atoms with E-state index in [0.29, 0.717) is 17.3 Å². The van der Waals surface area contributed by atoms with Crippen LogP contribution in [0.25, 0.3) is 0 Å². The molecule has 16 heavy (non-hydrogen) atoms. The maximum Gasteiger partial charge on any atom is 0.143 e. The third-order valence-corrected chi connectivity index (χ3v) is 3.38. The van der Waals surface area contributed by atoms with E-state index in [1.54, 1.807) is 11.8 Å². The van der Waals surface area contributed by atoms with Crippen molar-refractivity contribution in [3.63, 3.8) is 0 Å². The Labute approximate surface area is 105 Å². The van der Waals surface area contributed by atoms with Crippen LogP contribution in [0.15, 0.2) is 12.1 Å². The van der Waals surface area contributed by atoms with E-state index in [4.69, 9.17) is 17.3 Å². The number of halogens is 2. The maximum atomic E-state index is 13.0. The lowest BCUT2D eigenvalue weighted by Crippen LogP contribution is -2.14. The summed E-state index contributed by atoms with van der Waals surface area (Å²) in [5.74, 6) is 1.11. The molecule has 0 fully saturated rings. The van der Waals surface area contributed by atoms with Gasteiger partial charge >= 0.3 is 0 Å². The number of nitrogens with one attached hydrogen (secondary N) is 1. The molecular weight excluding hydrogens is 247 g/mol. The Morgan fingerprint density at radius 1 is 1.56 bits per heavy atom. The molecule has 0 spiro atoms. The van der Waals surface area contributed by atoms with Crippen molar-refractivity contribution in [2.45, 2.75) is 6.92 Å². The average molecular weight is 263 g/mol. The number of hydrogen-bond acceptors (Lipinski definition) is 3. The van der Waals surface area contributed by atoms with E-state index in [0.717, 1.165) is 12.3 Å². The summed E-state index contributed by atoms with van der Waals surface area (Å²) >= 11 is 7.48. The molecule has 1 unspecified atom stereocenters. The first kappa shape index (κ1) is 13.5. The second kappa shape index (κ2) is 6.21. The van der Waals surface area contributed by atoms with Gasteiger partial charge in [0.05, 0.1) is 16.4 Å². The molecule has 5 heteroatoms. The zero-order valence-corrected chi connectivity index (χ0v) is 11.0. The summed E-state index contributed by atoms with van der Waals surface area (Å²) in [6.07, 6.45) is 2.07. The van der Waals surface area contributed by atoms with Gasteiger partial charge in [0.2, 0.25) is 0 Å². The summed E-state index contributed by atoms with van der Waals surface area (Å²) in [5, 5.41) is 3.27. The standard InChI is InChI=1S/C11H16ClFN2S/c1-7(6-16-2)5-15-11-3-8(12)9(13)4-10(11)14/h3-4,7,15H,5-6,14H2,1-2H3. The summed E-state index contributed by atoms with van der Waals surface area (Å²) in [5.41, 5.74) is 6.77. The number of benzene rings is 1. The van der Waals surface area contributed by atoms with Gasteiger partial charge in [-0.15, -0.1) is 0 Å². The van der Waals surface area contributed by atoms with Gasteiger partial charge in [0.1, 0.15) is 5.82 Å². The number of nitrogen functional groups attached to an aromatic ring is 1. The highest BCUT2D eigenvalue weighted by Gasteiger charge is 2.07. The lowest BCUT2D eigenvalue weighted by Gasteiger charge is -2.14. The van der Waals surface area contributed by atoms with Crippen LogP contribution in [0.5, 0.6) is 0 Å². The predicted molar refractivity (Wildman–Crippen MR) is 71.9 cm³/mol. The molecule has 1 aromatic rings. The van der Waals surface area contributed by atoms with Gasteiger partial charge in [0.25, 0.3) is 0 Å². The average Bonchev–Trinajstić information content (AvgIpc) is 2.22. The van der Waals surface area contributed by atoms with Crippen LogP contribution in [0.3, 0.4) is 0 Å². The van der Waals surface area contributed by atoms with Crippen LogP contribution in [0, 0.1) is 11.7 Å². The van der Waals surface area contributed by atoms with Crippen LogP contribution in [0.1, 0.15) is 6.92 Å². The molecule has 0 amide bonds. The van der Waals surface area contributed by atoms with Crippen molar-refractivity contribution >= 4 is 34.7 Å². The largest absolute Gasteiger partial charge is 0.397 e. The topological polar surface area (TPSA) is 38.0 Å². The third kappa shape index (κ3) is 3.76. The van der Waals surface area contributed by atoms with Crippen molar-refractivity contribution in [3.8, 4) is 0 Å². The zero-order chi connectivity index (χ0) is 12.1. The van der Waals surface area contributed by atoms with Gasteiger partial charge in [-0.1, -0.05) is 18.5 Å². The highest BCUT2D eigenvalue weighted by molar-refractivity contribution is 7.98. The highest BCUT2D eigenvalue weighted by Crippen LogP contribution is 2.26. The Morgan fingerprint density at radius 3 is 2.88 bits per heavy atom. The van der Waals surface area contributed by atoms with E-state index in [1.165, 1.54) is 12.1 Å². The van der Waals surface area contributed by atoms with Gasteiger partial charge < -0.3 is 11.1 Å². The minimum Gasteiger partial charge on any atom is -0.397 e. The van der Waals surface area contributed by atoms with Crippen LogP contribution in [-0.4, -0.2) is 18.6 Å². The fourth-order valence-electron chi connectivity index (χ4n) is 1.34. The molecule has 2 nitrogen and oxygen atoms in total. The molecule has 1 rings (SSSR count). The van der Waals surface area contributed by atoms with Crippen LogP contribution in [0.2, 0.25) is 5.02 Å². The molecule has 1 atom stereocenters. The Balaban J connectivity index is 2.63. The van der Waals surface area contributed by atoms with Crippen molar-refractivity contribution in [1.29, 1.82) is 0 Å². The van der Waals surface area contributed by atoms with Gasteiger partial charge in [-0.3, -0.25) is 0 Å². The summed E-state index contributed by atoms with van der Waals surface area (Å²) in [6.45, 7) is 2.94. The second-order valence-corrected chi connectivity index (χ2v) is 5.11. The van der Waals surface area contributed by atoms with Crippen molar-refractivity contribution in [1.82, 2.24) is 0 Å². The molecule has 0 aliphatic carbocycles. The monoisotopic (exact) mass is 262 g/mol. The summed E-state index contributed by atoms with van der Waals surface area (Å²) in [7, 11) is 0. The van der Waals surface area contributed by atoms with E-state index in [1.807, 2.05) is 0 Å². The number of hydrogen-bond donors (Lipinski definition) is 2. The van der Waals surface area contributed by atoms with Gasteiger partial charge in [-0.25, -0.2) is 4.39 Å². The minimum absolute atomic E-state index is 0.0919. The Hall–Kier alpha value is -0.610. The van der Waals surface area contributed by atoms with Gasteiger partial charge in [0, 0.05) is 12.6 Å². The molecule has 1 aromatic carbocycles. The van der Waals surface area contributed by atoms with E-state index in [9.17, 15) is 4.39 Å². The number of rotatable bonds is 5. The normalized spacial score (nSPS) is 12.5. The number of nitrogens with two attached hydrogens (primary N) is 1. The second-order valence-electron chi connectivity index (χ2n) is 3.79. The van der Waals surface area contributed by atoms with Crippen LogP contribution >= 0.6 is 23.4 Å². The molecule has 0 radical (unpaired) electrons. The van der Waals surface area contributed by atoms with Gasteiger partial charge in [-0.05, 0) is 24.0 Å². The summed E-state index contributed by atoms with van der Waals surface area (Å²) in [6, 6.07) is 2.77. The summed E-state index contributed by atoms with van der Waals surface area (Å²) < 4.78 is 13.0. The Kier molecular flexibility index (Phi) is 5.22. The summed E-state index contributed by atoms with van der Waals surface area (Å²) in [4.78, 5) is 0. The Bertz CT molecular complexity index is 360. The highest BCUT2D eigenvalue weighted by atomic mass is 35.5. The minimum atomic E-state index is -0.484. The van der Waals surface area contributed by atoms with E-state index in [-0.39, 0.29) is 5.02 Å². The molecule has 0 saturated carbocycles. The van der Waals surface area contributed by atoms with Crippen molar-refractivity contribution in [3.05, 3.63) is 23.0 Å². The molecule has 90 valence electrons. The first-order chi connectivity index (χ1) is 7.54. The first-order valence-corrected chi connectivity index (χ1v) is 6.79. The Morgan fingerprint density at radius 2 is 2.25 bits per heavy atom. The molecule has 3 N–H and O–H groups in total. The van der Waals surface area contributed by atoms with Crippen molar-refractivity contribution < 1.29 is 4.39 Å². The fraction of sp³-hybridized carbons (Fsp3) is 0.455. The lowest BCUT2D eigenvalue weighted by atomic mass is 10.2. The van der Waals surface area contributed by atoms with Crippen LogP contribution < -0.4 is 11.1 Å². The molecule has 0 aromatic heterocycles. The lowest BCUT2D eigenvalue weighted by molar-refractivity contribution is 0.629. The smallest absolute Gasteiger partial charge is 0.143 e. The SMILES string of the molecule is CSCC(C)CNc1cc(Cl)c(F)cc1N.